The predicted molar refractivity (Wildman–Crippen MR) is 158 cm³/mol. The second-order valence-electron chi connectivity index (χ2n) is 11.8. The van der Waals surface area contributed by atoms with Crippen LogP contribution in [0.4, 0.5) is 0 Å². The molecule has 0 amide bonds. The van der Waals surface area contributed by atoms with Crippen molar-refractivity contribution in [2.24, 2.45) is 17.8 Å². The third-order valence-electron chi connectivity index (χ3n) is 8.88. The van der Waals surface area contributed by atoms with E-state index in [2.05, 4.69) is 6.92 Å². The lowest BCUT2D eigenvalue weighted by Gasteiger charge is -2.48. The number of esters is 1. The van der Waals surface area contributed by atoms with Gasteiger partial charge in [0.05, 0.1) is 51.8 Å². The van der Waals surface area contributed by atoms with Gasteiger partial charge in [-0.15, -0.1) is 0 Å². The number of aliphatic hydroxyl groups excluding tert-OH is 4. The third-order valence-corrected chi connectivity index (χ3v) is 8.88. The molecule has 0 aliphatic carbocycles. The second-order valence-corrected chi connectivity index (χ2v) is 11.8. The molecule has 2 heterocycles. The molecular formula is C33H46O11. The molecule has 0 radical (unpaired) electrons. The number of rotatable bonds is 13. The smallest absolute Gasteiger partial charge is 0.366 e. The van der Waals surface area contributed by atoms with Gasteiger partial charge >= 0.3 is 5.97 Å². The summed E-state index contributed by atoms with van der Waals surface area (Å²) in [4.78, 5) is 13.1. The van der Waals surface area contributed by atoms with Crippen LogP contribution >= 0.6 is 0 Å². The minimum atomic E-state index is -2.09. The largest absolute Gasteiger partial charge is 0.465 e. The fourth-order valence-electron chi connectivity index (χ4n) is 5.75. The molecule has 2 fully saturated rings. The zero-order valence-corrected chi connectivity index (χ0v) is 25.7. The maximum atomic E-state index is 13.1. The van der Waals surface area contributed by atoms with Crippen molar-refractivity contribution in [3.05, 3.63) is 71.8 Å². The maximum absolute atomic E-state index is 13.1. The lowest BCUT2D eigenvalue weighted by atomic mass is 9.83. The monoisotopic (exact) mass is 618 g/mol. The summed E-state index contributed by atoms with van der Waals surface area (Å²) in [5.74, 6) is -3.85. The van der Waals surface area contributed by atoms with Crippen molar-refractivity contribution in [2.75, 3.05) is 20.3 Å². The molecule has 2 aromatic carbocycles. The molecule has 11 heteroatoms. The van der Waals surface area contributed by atoms with Gasteiger partial charge in [0.2, 0.25) is 0 Å². The van der Waals surface area contributed by atoms with Gasteiger partial charge in [-0.2, -0.15) is 0 Å². The van der Waals surface area contributed by atoms with Crippen LogP contribution in [0.15, 0.2) is 60.7 Å². The maximum Gasteiger partial charge on any atom is 0.366 e. The number of methoxy groups -OCH3 is 1. The van der Waals surface area contributed by atoms with Gasteiger partial charge in [0, 0.05) is 12.3 Å². The third kappa shape index (κ3) is 8.03. The molecule has 11 atom stereocenters. The van der Waals surface area contributed by atoms with Crippen molar-refractivity contribution in [1.82, 2.24) is 0 Å². The van der Waals surface area contributed by atoms with E-state index in [1.54, 1.807) is 6.92 Å². The molecular weight excluding hydrogens is 572 g/mol. The topological polar surface area (TPSA) is 153 Å². The summed E-state index contributed by atoms with van der Waals surface area (Å²) in [5, 5.41) is 41.0. The summed E-state index contributed by atoms with van der Waals surface area (Å²) in [5.41, 5.74) is 1.99. The molecule has 3 unspecified atom stereocenters. The Kier molecular flexibility index (Phi) is 12.3. The Labute approximate surface area is 258 Å². The van der Waals surface area contributed by atoms with Crippen molar-refractivity contribution in [3.8, 4) is 0 Å². The zero-order valence-electron chi connectivity index (χ0n) is 25.7. The Morgan fingerprint density at radius 2 is 1.52 bits per heavy atom. The minimum Gasteiger partial charge on any atom is -0.465 e. The van der Waals surface area contributed by atoms with Gasteiger partial charge in [-0.05, 0) is 23.0 Å². The van der Waals surface area contributed by atoms with Crippen LogP contribution < -0.4 is 0 Å². The van der Waals surface area contributed by atoms with E-state index >= 15 is 0 Å². The Balaban J connectivity index is 1.52. The molecule has 44 heavy (non-hydrogen) atoms. The lowest BCUT2D eigenvalue weighted by Crippen LogP contribution is -2.62. The number of aliphatic hydroxyl groups is 4. The number of carbonyl (C=O) groups excluding carboxylic acids is 1. The van der Waals surface area contributed by atoms with E-state index in [4.69, 9.17) is 28.4 Å². The van der Waals surface area contributed by atoms with E-state index in [-0.39, 0.29) is 31.5 Å². The number of hydrogen-bond acceptors (Lipinski definition) is 11. The molecule has 0 spiro atoms. The number of carbonyl (C=O) groups is 1. The van der Waals surface area contributed by atoms with Crippen LogP contribution in [0, 0.1) is 17.8 Å². The van der Waals surface area contributed by atoms with E-state index in [1.807, 2.05) is 67.6 Å². The Morgan fingerprint density at radius 1 is 0.932 bits per heavy atom. The molecule has 11 nitrogen and oxygen atoms in total. The van der Waals surface area contributed by atoms with E-state index in [9.17, 15) is 25.2 Å². The van der Waals surface area contributed by atoms with Crippen molar-refractivity contribution >= 4 is 5.97 Å². The first-order chi connectivity index (χ1) is 21.1. The fourth-order valence-corrected chi connectivity index (χ4v) is 5.75. The normalized spacial score (nSPS) is 33.8. The minimum absolute atomic E-state index is 0.0527. The van der Waals surface area contributed by atoms with Crippen LogP contribution in [-0.2, 0) is 46.4 Å². The Hall–Kier alpha value is -2.45. The highest BCUT2D eigenvalue weighted by Crippen LogP contribution is 2.39. The van der Waals surface area contributed by atoms with E-state index in [1.165, 1.54) is 7.11 Å². The average molecular weight is 619 g/mol. The van der Waals surface area contributed by atoms with Gasteiger partial charge in [0.25, 0.3) is 5.79 Å². The summed E-state index contributed by atoms with van der Waals surface area (Å²) in [7, 11) is 1.17. The van der Waals surface area contributed by atoms with Gasteiger partial charge in [-0.1, -0.05) is 81.4 Å². The standard InChI is InChI=1S/C33H46O11/c1-20-21(2)30(40-17-23-11-7-5-8-12-23)31(41-18-24-13-9-6-10-14-24)43-27(20)19-42-33(32(38)39-4)15-25(35)22(3)29(44-33)28(37)26(36)16-34/h5-14,20-22,25-31,34-37H,15-19H2,1-4H3/t20-,21-,22+,25+,26+,27?,28+,29?,30?,31+,33+/m0/s1. The average Bonchev–Trinajstić information content (AvgIpc) is 3.05. The molecule has 4 rings (SSSR count). The van der Waals surface area contributed by atoms with Crippen LogP contribution in [0.3, 0.4) is 0 Å². The Morgan fingerprint density at radius 3 is 2.09 bits per heavy atom. The molecule has 2 saturated heterocycles. The first-order valence-corrected chi connectivity index (χ1v) is 15.1. The summed E-state index contributed by atoms with van der Waals surface area (Å²) in [6, 6.07) is 19.5. The van der Waals surface area contributed by atoms with E-state index < -0.39 is 67.2 Å². The summed E-state index contributed by atoms with van der Waals surface area (Å²) in [6.45, 7) is 5.45. The molecule has 0 saturated carbocycles. The summed E-state index contributed by atoms with van der Waals surface area (Å²) < 4.78 is 36.2. The van der Waals surface area contributed by atoms with Gasteiger partial charge in [-0.3, -0.25) is 0 Å². The highest BCUT2D eigenvalue weighted by molar-refractivity contribution is 5.78. The van der Waals surface area contributed by atoms with Crippen LogP contribution in [-0.4, -0.2) is 95.4 Å². The molecule has 2 aromatic rings. The van der Waals surface area contributed by atoms with E-state index in [0.717, 1.165) is 11.1 Å². The summed E-state index contributed by atoms with van der Waals surface area (Å²) >= 11 is 0. The molecule has 2 aliphatic heterocycles. The van der Waals surface area contributed by atoms with Gasteiger partial charge in [0.15, 0.2) is 6.29 Å². The SMILES string of the molecule is COC(=O)[C@@]1(OCC2O[C@@H](OCc3ccccc3)C(OCc3ccccc3)[C@@H](C)[C@@H]2C)C[C@@H](O)[C@@H](C)C([C@H](O)[C@H](O)CO)O1. The Bertz CT molecular complexity index is 1150. The number of benzene rings is 2. The molecule has 0 aromatic heterocycles. The van der Waals surface area contributed by atoms with Crippen molar-refractivity contribution in [1.29, 1.82) is 0 Å². The van der Waals surface area contributed by atoms with Crippen LogP contribution in [0.5, 0.6) is 0 Å². The zero-order chi connectivity index (χ0) is 31.9. The first-order valence-electron chi connectivity index (χ1n) is 15.1. The van der Waals surface area contributed by atoms with Crippen LogP contribution in [0.1, 0.15) is 38.3 Å². The van der Waals surface area contributed by atoms with Crippen LogP contribution in [0.2, 0.25) is 0 Å². The molecule has 0 bridgehead atoms. The second kappa shape index (κ2) is 15.7. The number of ether oxygens (including phenoxy) is 6. The van der Waals surface area contributed by atoms with Gasteiger partial charge in [0.1, 0.15) is 18.3 Å². The first kappa shape index (κ1) is 34.4. The van der Waals surface area contributed by atoms with Crippen molar-refractivity contribution in [3.63, 3.8) is 0 Å². The van der Waals surface area contributed by atoms with Gasteiger partial charge < -0.3 is 48.8 Å². The molecule has 244 valence electrons. The highest BCUT2D eigenvalue weighted by atomic mass is 16.8. The van der Waals surface area contributed by atoms with Crippen LogP contribution in [0.25, 0.3) is 0 Å². The quantitative estimate of drug-likeness (QED) is 0.244. The predicted octanol–water partition coefficient (Wildman–Crippen LogP) is 2.17. The van der Waals surface area contributed by atoms with Gasteiger partial charge in [-0.25, -0.2) is 4.79 Å². The summed E-state index contributed by atoms with van der Waals surface area (Å²) in [6.07, 6.45) is -7.55. The van der Waals surface area contributed by atoms with E-state index in [0.29, 0.717) is 6.61 Å². The molecule has 2 aliphatic rings. The van der Waals surface area contributed by atoms with Crippen molar-refractivity contribution < 1.29 is 53.6 Å². The van der Waals surface area contributed by atoms with Crippen molar-refractivity contribution in [2.45, 2.75) is 89.1 Å². The lowest BCUT2D eigenvalue weighted by molar-refractivity contribution is -0.338. The highest BCUT2D eigenvalue weighted by Gasteiger charge is 2.55. The molecule has 4 N–H and O–H groups in total. The number of hydrogen-bond donors (Lipinski definition) is 4. The fraction of sp³-hybridized carbons (Fsp3) is 0.606.